The Labute approximate surface area is 62.4 Å². The van der Waals surface area contributed by atoms with Crippen LogP contribution < -0.4 is 0 Å². The van der Waals surface area contributed by atoms with Crippen LogP contribution in [0.3, 0.4) is 0 Å². The first-order valence-corrected chi connectivity index (χ1v) is 3.55. The Bertz CT molecular complexity index is 107. The first kappa shape index (κ1) is 8.63. The van der Waals surface area contributed by atoms with Crippen LogP contribution >= 0.6 is 12.2 Å². The molecule has 0 aliphatic heterocycles. The molecular formula is C7H13NS. The molecule has 2 heteroatoms. The predicted molar refractivity (Wildman–Crippen MR) is 45.4 cm³/mol. The van der Waals surface area contributed by atoms with E-state index in [0.717, 1.165) is 0 Å². The molecule has 0 atom stereocenters. The molecule has 0 aliphatic carbocycles. The summed E-state index contributed by atoms with van der Waals surface area (Å²) in [5.74, 6) is 0. The Morgan fingerprint density at radius 2 is 2.00 bits per heavy atom. The number of hydrogen-bond donors (Lipinski definition) is 0. The van der Waals surface area contributed by atoms with Crippen LogP contribution in [-0.4, -0.2) is 16.4 Å². The second-order valence-corrected chi connectivity index (χ2v) is 2.34. The van der Waals surface area contributed by atoms with Crippen LogP contribution in [0, 0.1) is 0 Å². The third-order valence-electron chi connectivity index (χ3n) is 1.04. The lowest BCUT2D eigenvalue weighted by Gasteiger charge is -2.17. The van der Waals surface area contributed by atoms with Gasteiger partial charge in [-0.1, -0.05) is 18.3 Å². The summed E-state index contributed by atoms with van der Waals surface area (Å²) >= 11 is 4.76. The van der Waals surface area contributed by atoms with Gasteiger partial charge in [-0.3, -0.25) is 0 Å². The van der Waals surface area contributed by atoms with E-state index in [1.807, 2.05) is 24.1 Å². The van der Waals surface area contributed by atoms with Gasteiger partial charge in [-0.05, 0) is 20.8 Å². The zero-order chi connectivity index (χ0) is 7.28. The van der Waals surface area contributed by atoms with E-state index in [2.05, 4.69) is 13.8 Å². The fourth-order valence-corrected chi connectivity index (χ4v) is 0.815. The van der Waals surface area contributed by atoms with Gasteiger partial charge in [-0.15, -0.1) is 0 Å². The summed E-state index contributed by atoms with van der Waals surface area (Å²) in [6.45, 7) is 6.18. The van der Waals surface area contributed by atoms with Crippen LogP contribution in [0.15, 0.2) is 12.3 Å². The standard InChI is InChI=1S/C7H13NS/c1-4-5-8(6-9)7(2)3/h4-7H,1-3H3/b5-4-. The van der Waals surface area contributed by atoms with Crippen LogP contribution in [0.5, 0.6) is 0 Å². The van der Waals surface area contributed by atoms with E-state index in [-0.39, 0.29) is 0 Å². The van der Waals surface area contributed by atoms with Gasteiger partial charge in [0.05, 0.1) is 5.49 Å². The highest BCUT2D eigenvalue weighted by Crippen LogP contribution is 1.94. The molecule has 1 nitrogen and oxygen atoms in total. The molecule has 52 valence electrons. The normalized spacial score (nSPS) is 10.7. The minimum absolute atomic E-state index is 0.471. The monoisotopic (exact) mass is 143 g/mol. The lowest BCUT2D eigenvalue weighted by molar-refractivity contribution is 0.476. The minimum atomic E-state index is 0.471. The predicted octanol–water partition coefficient (Wildman–Crippen LogP) is 2.19. The Kier molecular flexibility index (Phi) is 4.32. The molecule has 0 saturated carbocycles. The van der Waals surface area contributed by atoms with E-state index in [4.69, 9.17) is 12.2 Å². The smallest absolute Gasteiger partial charge is 0.0683 e. The second kappa shape index (κ2) is 4.50. The molecule has 0 heterocycles. The summed E-state index contributed by atoms with van der Waals surface area (Å²) in [6.07, 6.45) is 3.94. The highest BCUT2D eigenvalue weighted by Gasteiger charge is 1.96. The van der Waals surface area contributed by atoms with Gasteiger partial charge in [0.15, 0.2) is 0 Å². The zero-order valence-electron chi connectivity index (χ0n) is 6.16. The number of hydrogen-bond acceptors (Lipinski definition) is 1. The van der Waals surface area contributed by atoms with Crippen molar-refractivity contribution >= 4 is 17.7 Å². The highest BCUT2D eigenvalue weighted by molar-refractivity contribution is 7.78. The van der Waals surface area contributed by atoms with E-state index < -0.39 is 0 Å². The van der Waals surface area contributed by atoms with E-state index in [1.165, 1.54) is 0 Å². The second-order valence-electron chi connectivity index (χ2n) is 2.13. The third-order valence-corrected chi connectivity index (χ3v) is 1.28. The van der Waals surface area contributed by atoms with Crippen molar-refractivity contribution < 1.29 is 0 Å². The number of nitrogens with zero attached hydrogens (tertiary/aromatic N) is 1. The molecule has 0 aromatic heterocycles. The van der Waals surface area contributed by atoms with Gasteiger partial charge in [-0.25, -0.2) is 0 Å². The van der Waals surface area contributed by atoms with E-state index >= 15 is 0 Å². The van der Waals surface area contributed by atoms with Gasteiger partial charge in [0.2, 0.25) is 0 Å². The molecular weight excluding hydrogens is 130 g/mol. The van der Waals surface area contributed by atoms with Gasteiger partial charge >= 0.3 is 0 Å². The lowest BCUT2D eigenvalue weighted by Crippen LogP contribution is -2.22. The molecule has 0 unspecified atom stereocenters. The topological polar surface area (TPSA) is 3.24 Å². The van der Waals surface area contributed by atoms with Crippen molar-refractivity contribution in [2.24, 2.45) is 0 Å². The summed E-state index contributed by atoms with van der Waals surface area (Å²) in [6, 6.07) is 0.471. The number of thiocarbonyl (C=S) groups is 1. The summed E-state index contributed by atoms with van der Waals surface area (Å²) in [7, 11) is 0. The molecule has 0 aliphatic rings. The minimum Gasteiger partial charge on any atom is -0.343 e. The van der Waals surface area contributed by atoms with Gasteiger partial charge in [-0.2, -0.15) is 0 Å². The lowest BCUT2D eigenvalue weighted by atomic mass is 10.4. The van der Waals surface area contributed by atoms with Gasteiger partial charge < -0.3 is 4.90 Å². The quantitative estimate of drug-likeness (QED) is 0.557. The maximum atomic E-state index is 4.76. The molecule has 0 rings (SSSR count). The van der Waals surface area contributed by atoms with Crippen molar-refractivity contribution in [2.45, 2.75) is 26.8 Å². The molecule has 0 aromatic rings. The van der Waals surface area contributed by atoms with Crippen LogP contribution in [0.1, 0.15) is 20.8 Å². The van der Waals surface area contributed by atoms with Crippen LogP contribution in [-0.2, 0) is 0 Å². The van der Waals surface area contributed by atoms with E-state index in [1.54, 1.807) is 5.49 Å². The molecule has 0 spiro atoms. The fraction of sp³-hybridized carbons (Fsp3) is 0.571. The Hall–Kier alpha value is -0.370. The number of allylic oxidation sites excluding steroid dienone is 1. The molecule has 0 aromatic carbocycles. The van der Waals surface area contributed by atoms with Crippen LogP contribution in [0.4, 0.5) is 0 Å². The molecule has 0 N–H and O–H groups in total. The zero-order valence-corrected chi connectivity index (χ0v) is 6.98. The summed E-state index contributed by atoms with van der Waals surface area (Å²) in [5, 5.41) is 0. The van der Waals surface area contributed by atoms with Crippen molar-refractivity contribution in [1.82, 2.24) is 4.90 Å². The SMILES string of the molecule is C/C=C\N(C=S)C(C)C. The summed E-state index contributed by atoms with van der Waals surface area (Å²) in [4.78, 5) is 1.98. The van der Waals surface area contributed by atoms with E-state index in [0.29, 0.717) is 6.04 Å². The number of rotatable bonds is 3. The van der Waals surface area contributed by atoms with Gasteiger partial charge in [0.25, 0.3) is 0 Å². The van der Waals surface area contributed by atoms with Crippen LogP contribution in [0.25, 0.3) is 0 Å². The maximum absolute atomic E-state index is 4.76. The molecule has 0 saturated heterocycles. The average molecular weight is 143 g/mol. The molecule has 9 heavy (non-hydrogen) atoms. The molecule has 0 fully saturated rings. The van der Waals surface area contributed by atoms with E-state index in [9.17, 15) is 0 Å². The summed E-state index contributed by atoms with van der Waals surface area (Å²) < 4.78 is 0. The largest absolute Gasteiger partial charge is 0.343 e. The van der Waals surface area contributed by atoms with Gasteiger partial charge in [0, 0.05) is 12.2 Å². The van der Waals surface area contributed by atoms with Crippen molar-refractivity contribution in [3.8, 4) is 0 Å². The first-order valence-electron chi connectivity index (χ1n) is 3.08. The van der Waals surface area contributed by atoms with Gasteiger partial charge in [0.1, 0.15) is 0 Å². The Balaban J connectivity index is 3.82. The first-order chi connectivity index (χ1) is 4.22. The summed E-state index contributed by atoms with van der Waals surface area (Å²) in [5.41, 5.74) is 1.66. The van der Waals surface area contributed by atoms with Crippen LogP contribution in [0.2, 0.25) is 0 Å². The Morgan fingerprint density at radius 1 is 1.44 bits per heavy atom. The maximum Gasteiger partial charge on any atom is 0.0683 e. The van der Waals surface area contributed by atoms with Crippen molar-refractivity contribution in [1.29, 1.82) is 0 Å². The third kappa shape index (κ3) is 3.25. The van der Waals surface area contributed by atoms with Crippen molar-refractivity contribution in [2.75, 3.05) is 0 Å². The Morgan fingerprint density at radius 3 is 2.11 bits per heavy atom. The molecule has 0 bridgehead atoms. The molecule has 0 amide bonds. The van der Waals surface area contributed by atoms with Crippen molar-refractivity contribution in [3.05, 3.63) is 12.3 Å². The fourth-order valence-electron chi connectivity index (χ4n) is 0.501. The molecule has 0 radical (unpaired) electrons. The highest BCUT2D eigenvalue weighted by atomic mass is 32.1. The average Bonchev–Trinajstić information content (AvgIpc) is 1.82. The van der Waals surface area contributed by atoms with Crippen molar-refractivity contribution in [3.63, 3.8) is 0 Å².